The minimum absolute atomic E-state index is 0.379. The Morgan fingerprint density at radius 2 is 2.29 bits per heavy atom. The summed E-state index contributed by atoms with van der Waals surface area (Å²) in [6.07, 6.45) is 1.09. The molecule has 1 rings (SSSR count). The van der Waals surface area contributed by atoms with Crippen LogP contribution in [0.5, 0.6) is 0 Å². The summed E-state index contributed by atoms with van der Waals surface area (Å²) in [5.41, 5.74) is 1.03. The van der Waals surface area contributed by atoms with E-state index in [9.17, 15) is 4.79 Å². The van der Waals surface area contributed by atoms with Crippen LogP contribution in [-0.4, -0.2) is 24.3 Å². The van der Waals surface area contributed by atoms with E-state index in [4.69, 9.17) is 9.84 Å². The molecule has 1 N–H and O–H groups in total. The van der Waals surface area contributed by atoms with E-state index in [2.05, 4.69) is 15.9 Å². The van der Waals surface area contributed by atoms with Gasteiger partial charge in [0, 0.05) is 17.7 Å². The highest BCUT2D eigenvalue weighted by molar-refractivity contribution is 9.10. The van der Waals surface area contributed by atoms with Crippen LogP contribution in [0.2, 0.25) is 0 Å². The van der Waals surface area contributed by atoms with Crippen molar-refractivity contribution in [3.05, 3.63) is 34.3 Å². The van der Waals surface area contributed by atoms with E-state index >= 15 is 0 Å². The molecule has 0 aliphatic heterocycles. The fourth-order valence-corrected chi connectivity index (χ4v) is 2.08. The molecule has 0 saturated carbocycles. The Morgan fingerprint density at radius 3 is 2.88 bits per heavy atom. The van der Waals surface area contributed by atoms with E-state index in [0.717, 1.165) is 10.0 Å². The molecule has 0 aromatic heterocycles. The third kappa shape index (κ3) is 5.33. The number of aliphatic carboxylic acids is 1. The van der Waals surface area contributed by atoms with Crippen molar-refractivity contribution >= 4 is 21.9 Å². The molecule has 0 radical (unpaired) electrons. The first kappa shape index (κ1) is 14.2. The largest absolute Gasteiger partial charge is 0.481 e. The van der Waals surface area contributed by atoms with Gasteiger partial charge in [0.05, 0.1) is 5.92 Å². The van der Waals surface area contributed by atoms with Crippen LogP contribution in [0.4, 0.5) is 0 Å². The highest BCUT2D eigenvalue weighted by Crippen LogP contribution is 2.17. The fourth-order valence-electron chi connectivity index (χ4n) is 1.63. The van der Waals surface area contributed by atoms with E-state index in [1.54, 1.807) is 0 Å². The molecule has 17 heavy (non-hydrogen) atoms. The molecule has 0 fully saturated rings. The monoisotopic (exact) mass is 300 g/mol. The van der Waals surface area contributed by atoms with Crippen LogP contribution in [-0.2, 0) is 16.0 Å². The summed E-state index contributed by atoms with van der Waals surface area (Å²) in [7, 11) is 0. The first-order valence-electron chi connectivity index (χ1n) is 5.68. The first-order chi connectivity index (χ1) is 8.13. The van der Waals surface area contributed by atoms with Gasteiger partial charge in [-0.3, -0.25) is 4.79 Å². The normalized spacial score (nSPS) is 12.4. The molecule has 0 spiro atoms. The minimum Gasteiger partial charge on any atom is -0.481 e. The average Bonchev–Trinajstić information content (AvgIpc) is 2.28. The molecule has 0 heterocycles. The summed E-state index contributed by atoms with van der Waals surface area (Å²) >= 11 is 3.38. The number of carboxylic acids is 1. The van der Waals surface area contributed by atoms with Gasteiger partial charge in [-0.15, -0.1) is 0 Å². The predicted molar refractivity (Wildman–Crippen MR) is 70.1 cm³/mol. The van der Waals surface area contributed by atoms with Crippen molar-refractivity contribution in [2.24, 2.45) is 5.92 Å². The number of halogens is 1. The Kier molecular flexibility index (Phi) is 6.22. The number of benzene rings is 1. The highest BCUT2D eigenvalue weighted by atomic mass is 79.9. The van der Waals surface area contributed by atoms with E-state index in [-0.39, 0.29) is 5.92 Å². The second-order valence-corrected chi connectivity index (χ2v) is 4.77. The Bertz CT molecular complexity index is 365. The van der Waals surface area contributed by atoms with Crippen molar-refractivity contribution < 1.29 is 14.6 Å². The second-order valence-electron chi connectivity index (χ2n) is 3.85. The topological polar surface area (TPSA) is 46.5 Å². The molecule has 0 aliphatic carbocycles. The van der Waals surface area contributed by atoms with Crippen molar-refractivity contribution in [2.75, 3.05) is 13.2 Å². The van der Waals surface area contributed by atoms with E-state index < -0.39 is 5.97 Å². The summed E-state index contributed by atoms with van der Waals surface area (Å²) in [5, 5.41) is 9.14. The van der Waals surface area contributed by atoms with Crippen molar-refractivity contribution in [3.63, 3.8) is 0 Å². The lowest BCUT2D eigenvalue weighted by atomic mass is 9.97. The molecule has 0 amide bonds. The molecular formula is C13H17BrO3. The summed E-state index contributed by atoms with van der Waals surface area (Å²) < 4.78 is 6.18. The SMILES string of the molecule is CCOCCC(Cc1cccc(Br)c1)C(=O)O. The van der Waals surface area contributed by atoms with E-state index in [1.807, 2.05) is 31.2 Å². The zero-order valence-electron chi connectivity index (χ0n) is 9.86. The van der Waals surface area contributed by atoms with Crippen molar-refractivity contribution in [1.82, 2.24) is 0 Å². The molecule has 4 heteroatoms. The van der Waals surface area contributed by atoms with Gasteiger partial charge in [-0.1, -0.05) is 28.1 Å². The van der Waals surface area contributed by atoms with Gasteiger partial charge in [-0.05, 0) is 37.5 Å². The summed E-state index contributed by atoms with van der Waals surface area (Å²) in [5.74, 6) is -1.14. The molecule has 1 aromatic rings. The lowest BCUT2D eigenvalue weighted by molar-refractivity contribution is -0.142. The molecule has 0 saturated heterocycles. The molecule has 0 bridgehead atoms. The van der Waals surface area contributed by atoms with Gasteiger partial charge >= 0.3 is 5.97 Å². The van der Waals surface area contributed by atoms with Gasteiger partial charge in [-0.25, -0.2) is 0 Å². The number of hydrogen-bond donors (Lipinski definition) is 1. The van der Waals surface area contributed by atoms with Crippen molar-refractivity contribution in [1.29, 1.82) is 0 Å². The third-order valence-electron chi connectivity index (χ3n) is 2.54. The van der Waals surface area contributed by atoms with Crippen LogP contribution in [0, 0.1) is 5.92 Å². The van der Waals surface area contributed by atoms with Gasteiger partial charge in [0.1, 0.15) is 0 Å². The lowest BCUT2D eigenvalue weighted by Crippen LogP contribution is -2.18. The van der Waals surface area contributed by atoms with E-state index in [0.29, 0.717) is 26.1 Å². The van der Waals surface area contributed by atoms with Gasteiger partial charge in [0.25, 0.3) is 0 Å². The quantitative estimate of drug-likeness (QED) is 0.787. The fraction of sp³-hybridized carbons (Fsp3) is 0.462. The number of carbonyl (C=O) groups is 1. The Hall–Kier alpha value is -0.870. The maximum Gasteiger partial charge on any atom is 0.306 e. The summed E-state index contributed by atoms with van der Waals surface area (Å²) in [4.78, 5) is 11.1. The first-order valence-corrected chi connectivity index (χ1v) is 6.47. The average molecular weight is 301 g/mol. The zero-order chi connectivity index (χ0) is 12.7. The number of ether oxygens (including phenoxy) is 1. The molecule has 1 atom stereocenters. The Morgan fingerprint density at radius 1 is 1.53 bits per heavy atom. The maximum absolute atomic E-state index is 11.1. The predicted octanol–water partition coefficient (Wildman–Crippen LogP) is 3.12. The van der Waals surface area contributed by atoms with Gasteiger partial charge in [0.15, 0.2) is 0 Å². The highest BCUT2D eigenvalue weighted by Gasteiger charge is 2.17. The van der Waals surface area contributed by atoms with Crippen molar-refractivity contribution in [2.45, 2.75) is 19.8 Å². The minimum atomic E-state index is -0.760. The summed E-state index contributed by atoms with van der Waals surface area (Å²) in [6, 6.07) is 7.75. The zero-order valence-corrected chi connectivity index (χ0v) is 11.4. The lowest BCUT2D eigenvalue weighted by Gasteiger charge is -2.12. The molecule has 3 nitrogen and oxygen atoms in total. The van der Waals surface area contributed by atoms with Crippen LogP contribution >= 0.6 is 15.9 Å². The number of carboxylic acid groups (broad SMARTS) is 1. The molecule has 1 aromatic carbocycles. The van der Waals surface area contributed by atoms with Gasteiger partial charge in [-0.2, -0.15) is 0 Å². The van der Waals surface area contributed by atoms with Gasteiger partial charge in [0.2, 0.25) is 0 Å². The number of rotatable bonds is 7. The smallest absolute Gasteiger partial charge is 0.306 e. The standard InChI is InChI=1S/C13H17BrO3/c1-2-17-7-6-11(13(15)16)8-10-4-3-5-12(14)9-10/h3-5,9,11H,2,6-8H2,1H3,(H,15,16). The van der Waals surface area contributed by atoms with Crippen LogP contribution in [0.25, 0.3) is 0 Å². The second kappa shape index (κ2) is 7.45. The van der Waals surface area contributed by atoms with Crippen LogP contribution < -0.4 is 0 Å². The van der Waals surface area contributed by atoms with Crippen LogP contribution in [0.1, 0.15) is 18.9 Å². The molecule has 94 valence electrons. The molecule has 0 aliphatic rings. The number of hydrogen-bond acceptors (Lipinski definition) is 2. The Labute approximate surface area is 110 Å². The van der Waals surface area contributed by atoms with E-state index in [1.165, 1.54) is 0 Å². The van der Waals surface area contributed by atoms with Crippen LogP contribution in [0.15, 0.2) is 28.7 Å². The molecular weight excluding hydrogens is 284 g/mol. The Balaban J connectivity index is 2.57. The third-order valence-corrected chi connectivity index (χ3v) is 3.03. The maximum atomic E-state index is 11.1. The van der Waals surface area contributed by atoms with Crippen molar-refractivity contribution in [3.8, 4) is 0 Å². The molecule has 1 unspecified atom stereocenters. The van der Waals surface area contributed by atoms with Gasteiger partial charge < -0.3 is 9.84 Å². The van der Waals surface area contributed by atoms with Crippen LogP contribution in [0.3, 0.4) is 0 Å². The summed E-state index contributed by atoms with van der Waals surface area (Å²) in [6.45, 7) is 3.04.